The highest BCUT2D eigenvalue weighted by Crippen LogP contribution is 2.30. The number of unbranched alkanes of at least 4 members (excludes halogenated alkanes) is 11. The molecule has 0 saturated carbocycles. The van der Waals surface area contributed by atoms with Crippen molar-refractivity contribution < 1.29 is 14.3 Å². The van der Waals surface area contributed by atoms with Crippen LogP contribution < -0.4 is 14.4 Å². The van der Waals surface area contributed by atoms with Gasteiger partial charge in [0.15, 0.2) is 11.5 Å². The zero-order valence-corrected chi connectivity index (χ0v) is 28.2. The number of carbonyl (C=O) groups is 1. The quantitative estimate of drug-likeness (QED) is 0.124. The Morgan fingerprint density at radius 1 is 0.860 bits per heavy atom. The third kappa shape index (κ3) is 12.9. The summed E-state index contributed by atoms with van der Waals surface area (Å²) in [6.45, 7) is 8.54. The van der Waals surface area contributed by atoms with E-state index in [0.717, 1.165) is 48.0 Å². The number of allylic oxidation sites excluding steroid dienone is 1. The van der Waals surface area contributed by atoms with Crippen molar-refractivity contribution in [1.82, 2.24) is 4.90 Å². The van der Waals surface area contributed by atoms with Crippen LogP contribution in [0, 0.1) is 0 Å². The molecule has 1 aliphatic heterocycles. The van der Waals surface area contributed by atoms with Crippen molar-refractivity contribution in [3.8, 4) is 11.5 Å². The molecular formula is C37H56N2O3S. The number of anilines is 1. The van der Waals surface area contributed by atoms with Crippen LogP contribution in [0.15, 0.2) is 53.6 Å². The summed E-state index contributed by atoms with van der Waals surface area (Å²) in [5, 5.41) is 0. The molecule has 0 aromatic heterocycles. The van der Waals surface area contributed by atoms with Crippen LogP contribution in [0.25, 0.3) is 0 Å². The highest BCUT2D eigenvalue weighted by Gasteiger charge is 2.17. The van der Waals surface area contributed by atoms with Crippen molar-refractivity contribution in [2.45, 2.75) is 117 Å². The first kappa shape index (κ1) is 34.9. The maximum atomic E-state index is 13.0. The van der Waals surface area contributed by atoms with Gasteiger partial charge in [-0.1, -0.05) is 103 Å². The molecule has 238 valence electrons. The summed E-state index contributed by atoms with van der Waals surface area (Å²) in [6.07, 6.45) is 19.4. The Morgan fingerprint density at radius 3 is 2.19 bits per heavy atom. The lowest BCUT2D eigenvalue weighted by Gasteiger charge is -2.24. The van der Waals surface area contributed by atoms with E-state index in [1.165, 1.54) is 81.1 Å². The number of thioether (sulfide) groups is 1. The van der Waals surface area contributed by atoms with E-state index < -0.39 is 0 Å². The standard InChI is InChI=1S/C37H56N2O3S/c1-5-7-8-9-10-11-12-13-14-15-16-17-25-42-36-27-32(21-22-35(36)41-4)23-24-39(37(40)6-2)34-20-18-19-33(26-34)29-38-28-31(3)43-30-38/h18-22,26-28H,5-17,23-25,29-30H2,1-4H3. The molecule has 3 rings (SSSR count). The molecule has 0 spiro atoms. The fourth-order valence-corrected chi connectivity index (χ4v) is 6.37. The number of carbonyl (C=O) groups excluding carboxylic acids is 1. The monoisotopic (exact) mass is 608 g/mol. The third-order valence-electron chi connectivity index (χ3n) is 8.14. The predicted octanol–water partition coefficient (Wildman–Crippen LogP) is 10.1. The van der Waals surface area contributed by atoms with Crippen LogP contribution in [0.4, 0.5) is 5.69 Å². The maximum Gasteiger partial charge on any atom is 0.226 e. The Morgan fingerprint density at radius 2 is 1.56 bits per heavy atom. The van der Waals surface area contributed by atoms with E-state index in [-0.39, 0.29) is 5.91 Å². The average Bonchev–Trinajstić information content (AvgIpc) is 3.43. The van der Waals surface area contributed by atoms with Gasteiger partial charge in [0.2, 0.25) is 5.91 Å². The minimum atomic E-state index is 0.140. The van der Waals surface area contributed by atoms with E-state index in [4.69, 9.17) is 9.47 Å². The molecule has 2 aromatic carbocycles. The van der Waals surface area contributed by atoms with Crippen molar-refractivity contribution in [2.24, 2.45) is 0 Å². The molecule has 0 radical (unpaired) electrons. The summed E-state index contributed by atoms with van der Waals surface area (Å²) >= 11 is 1.87. The Bertz CT molecular complexity index is 1120. The van der Waals surface area contributed by atoms with Gasteiger partial charge in [-0.15, -0.1) is 11.8 Å². The number of benzene rings is 2. The van der Waals surface area contributed by atoms with Gasteiger partial charge in [-0.3, -0.25) is 4.79 Å². The second-order valence-corrected chi connectivity index (χ2v) is 13.0. The van der Waals surface area contributed by atoms with Gasteiger partial charge in [-0.25, -0.2) is 0 Å². The number of ether oxygens (including phenoxy) is 2. The van der Waals surface area contributed by atoms with Crippen LogP contribution in [0.1, 0.15) is 115 Å². The van der Waals surface area contributed by atoms with E-state index in [2.05, 4.69) is 55.3 Å². The first-order valence-corrected chi connectivity index (χ1v) is 17.8. The van der Waals surface area contributed by atoms with Crippen LogP contribution in [-0.4, -0.2) is 36.9 Å². The minimum Gasteiger partial charge on any atom is -0.493 e. The SMILES string of the molecule is CCCCCCCCCCCCCCOc1cc(CCN(C(=O)CC)c2cccc(CN3C=C(C)SC3)c2)ccc1OC. The molecule has 1 heterocycles. The molecule has 6 heteroatoms. The molecule has 5 nitrogen and oxygen atoms in total. The average molecular weight is 609 g/mol. The van der Waals surface area contributed by atoms with Gasteiger partial charge >= 0.3 is 0 Å². The van der Waals surface area contributed by atoms with Crippen molar-refractivity contribution in [3.05, 3.63) is 64.7 Å². The van der Waals surface area contributed by atoms with Gasteiger partial charge in [0.1, 0.15) is 0 Å². The van der Waals surface area contributed by atoms with Crippen LogP contribution in [0.5, 0.6) is 11.5 Å². The number of amides is 1. The summed E-state index contributed by atoms with van der Waals surface area (Å²) in [4.78, 5) is 18.6. The largest absolute Gasteiger partial charge is 0.493 e. The van der Waals surface area contributed by atoms with Crippen molar-refractivity contribution in [3.63, 3.8) is 0 Å². The Kier molecular flexibility index (Phi) is 16.5. The summed E-state index contributed by atoms with van der Waals surface area (Å²) < 4.78 is 11.8. The maximum absolute atomic E-state index is 13.0. The lowest BCUT2D eigenvalue weighted by Crippen LogP contribution is -2.32. The zero-order chi connectivity index (χ0) is 30.7. The summed E-state index contributed by atoms with van der Waals surface area (Å²) in [5.41, 5.74) is 3.33. The van der Waals surface area contributed by atoms with Gasteiger partial charge in [0.25, 0.3) is 0 Å². The molecule has 2 aromatic rings. The molecule has 43 heavy (non-hydrogen) atoms. The van der Waals surface area contributed by atoms with Crippen LogP contribution >= 0.6 is 11.8 Å². The zero-order valence-electron chi connectivity index (χ0n) is 27.4. The number of hydrogen-bond acceptors (Lipinski definition) is 5. The first-order valence-electron chi connectivity index (χ1n) is 16.8. The van der Waals surface area contributed by atoms with Crippen LogP contribution in [-0.2, 0) is 17.8 Å². The van der Waals surface area contributed by atoms with Crippen LogP contribution in [0.2, 0.25) is 0 Å². The number of hydrogen-bond donors (Lipinski definition) is 0. The number of nitrogens with zero attached hydrogens (tertiary/aromatic N) is 2. The molecule has 1 aliphatic rings. The van der Waals surface area contributed by atoms with Crippen LogP contribution in [0.3, 0.4) is 0 Å². The third-order valence-corrected chi connectivity index (χ3v) is 9.16. The second kappa shape index (κ2) is 20.4. The fraction of sp³-hybridized carbons (Fsp3) is 0.595. The second-order valence-electron chi connectivity index (χ2n) is 11.8. The molecule has 0 N–H and O–H groups in total. The van der Waals surface area contributed by atoms with E-state index in [0.29, 0.717) is 19.6 Å². The van der Waals surface area contributed by atoms with Crippen molar-refractivity contribution in [1.29, 1.82) is 0 Å². The Hall–Kier alpha value is -2.60. The topological polar surface area (TPSA) is 42.0 Å². The molecule has 1 amide bonds. The molecule has 0 unspecified atom stereocenters. The van der Waals surface area contributed by atoms with Gasteiger partial charge < -0.3 is 19.3 Å². The smallest absolute Gasteiger partial charge is 0.226 e. The van der Waals surface area contributed by atoms with E-state index in [1.807, 2.05) is 35.7 Å². The molecule has 0 bridgehead atoms. The summed E-state index contributed by atoms with van der Waals surface area (Å²) in [6, 6.07) is 14.6. The van der Waals surface area contributed by atoms with Gasteiger partial charge in [0.05, 0.1) is 19.6 Å². The molecule has 0 saturated heterocycles. The van der Waals surface area contributed by atoms with E-state index >= 15 is 0 Å². The highest BCUT2D eigenvalue weighted by molar-refractivity contribution is 8.03. The lowest BCUT2D eigenvalue weighted by molar-refractivity contribution is -0.118. The molecular weight excluding hydrogens is 552 g/mol. The van der Waals surface area contributed by atoms with E-state index in [9.17, 15) is 4.79 Å². The van der Waals surface area contributed by atoms with Crippen molar-refractivity contribution >= 4 is 23.4 Å². The highest BCUT2D eigenvalue weighted by atomic mass is 32.2. The number of rotatable bonds is 22. The minimum absolute atomic E-state index is 0.140. The molecule has 0 fully saturated rings. The van der Waals surface area contributed by atoms with Gasteiger partial charge in [0, 0.05) is 31.4 Å². The van der Waals surface area contributed by atoms with Crippen molar-refractivity contribution in [2.75, 3.05) is 31.0 Å². The first-order chi connectivity index (χ1) is 21.0. The lowest BCUT2D eigenvalue weighted by atomic mass is 10.1. The fourth-order valence-electron chi connectivity index (χ4n) is 5.61. The van der Waals surface area contributed by atoms with Gasteiger partial charge in [-0.05, 0) is 60.1 Å². The van der Waals surface area contributed by atoms with E-state index in [1.54, 1.807) is 7.11 Å². The Labute approximate surface area is 266 Å². The summed E-state index contributed by atoms with van der Waals surface area (Å²) in [7, 11) is 1.69. The van der Waals surface area contributed by atoms with Gasteiger partial charge in [-0.2, -0.15) is 0 Å². The normalized spacial score (nSPS) is 12.8. The summed E-state index contributed by atoms with van der Waals surface area (Å²) in [5.74, 6) is 2.68. The molecule has 0 atom stereocenters. The number of methoxy groups -OCH3 is 1. The molecule has 0 aliphatic carbocycles. The predicted molar refractivity (Wildman–Crippen MR) is 184 cm³/mol. The Balaban J connectivity index is 1.45.